The van der Waals surface area contributed by atoms with Gasteiger partial charge in [-0.25, -0.2) is 0 Å². The summed E-state index contributed by atoms with van der Waals surface area (Å²) in [5, 5.41) is 9.99. The van der Waals surface area contributed by atoms with Gasteiger partial charge < -0.3 is 14.7 Å². The normalized spacial score (nSPS) is 17.0. The Kier molecular flexibility index (Phi) is 7.50. The molecule has 3 aromatic rings. The summed E-state index contributed by atoms with van der Waals surface area (Å²) in [7, 11) is 0. The molecule has 0 unspecified atom stereocenters. The van der Waals surface area contributed by atoms with E-state index < -0.39 is 35.8 Å². The number of fused-ring (bicyclic) bond motifs is 1. The second kappa shape index (κ2) is 10.5. The van der Waals surface area contributed by atoms with Gasteiger partial charge in [0.1, 0.15) is 17.9 Å². The van der Waals surface area contributed by atoms with Gasteiger partial charge in [0.2, 0.25) is 0 Å². The Balaban J connectivity index is 1.53. The molecule has 1 N–H and O–H groups in total. The molecule has 1 aliphatic heterocycles. The van der Waals surface area contributed by atoms with Crippen LogP contribution in [-0.4, -0.2) is 34.0 Å². The van der Waals surface area contributed by atoms with Gasteiger partial charge in [0, 0.05) is 23.6 Å². The highest BCUT2D eigenvalue weighted by Crippen LogP contribution is 2.37. The van der Waals surface area contributed by atoms with Crippen LogP contribution in [0.1, 0.15) is 46.0 Å². The largest absolute Gasteiger partial charge is 0.487 e. The van der Waals surface area contributed by atoms with Crippen LogP contribution in [0.25, 0.3) is 0 Å². The predicted octanol–water partition coefficient (Wildman–Crippen LogP) is 6.41. The molecule has 5 nitrogen and oxygen atoms in total. The van der Waals surface area contributed by atoms with Crippen molar-refractivity contribution >= 4 is 23.5 Å². The van der Waals surface area contributed by atoms with Crippen LogP contribution in [0.2, 0.25) is 5.02 Å². The fourth-order valence-electron chi connectivity index (χ4n) is 4.50. The van der Waals surface area contributed by atoms with Crippen LogP contribution in [0, 0.1) is 0 Å². The minimum atomic E-state index is -4.55. The predicted molar refractivity (Wildman–Crippen MR) is 133 cm³/mol. The molecule has 9 heteroatoms. The molecule has 1 amide bonds. The number of alkyl halides is 3. The zero-order valence-corrected chi connectivity index (χ0v) is 20.8. The first kappa shape index (κ1) is 26.5. The highest BCUT2D eigenvalue weighted by molar-refractivity contribution is 6.31. The SMILES string of the molecule is C[C@@]1(Cc2ccccc2Cl)CCc2cc(C(=O)N(CC(=O)O)Cc3cccc(C(F)(F)F)c3)ccc2O1. The van der Waals surface area contributed by atoms with E-state index in [-0.39, 0.29) is 17.7 Å². The van der Waals surface area contributed by atoms with E-state index in [0.717, 1.165) is 28.2 Å². The molecule has 0 bridgehead atoms. The molecule has 4 rings (SSSR count). The molecule has 0 aromatic heterocycles. The van der Waals surface area contributed by atoms with Crippen LogP contribution in [0.3, 0.4) is 0 Å². The third kappa shape index (κ3) is 6.43. The molecule has 3 aromatic carbocycles. The van der Waals surface area contributed by atoms with Crippen LogP contribution in [0.4, 0.5) is 13.2 Å². The van der Waals surface area contributed by atoms with Crippen molar-refractivity contribution < 1.29 is 32.6 Å². The number of ether oxygens (including phenoxy) is 1. The number of carboxylic acid groups (broad SMARTS) is 1. The number of halogens is 4. The summed E-state index contributed by atoms with van der Waals surface area (Å²) in [5.74, 6) is -1.23. The van der Waals surface area contributed by atoms with Crippen molar-refractivity contribution in [2.45, 2.75) is 44.5 Å². The number of rotatable bonds is 7. The standard InChI is InChI=1S/C28H25ClF3NO4/c1-27(15-21-6-2-3-8-23(21)29)12-11-19-14-20(9-10-24(19)37-27)26(36)33(17-25(34)35)16-18-5-4-7-22(13-18)28(30,31)32/h2-10,13-14H,11-12,15-17H2,1H3,(H,34,35)/t27-/m0/s1. The van der Waals surface area contributed by atoms with Crippen LogP contribution in [-0.2, 0) is 30.4 Å². The van der Waals surface area contributed by atoms with Gasteiger partial charge in [-0.3, -0.25) is 9.59 Å². The average Bonchev–Trinajstić information content (AvgIpc) is 2.83. The number of carbonyl (C=O) groups is 2. The van der Waals surface area contributed by atoms with Crippen molar-refractivity contribution in [3.63, 3.8) is 0 Å². The molecule has 0 radical (unpaired) electrons. The number of carbonyl (C=O) groups excluding carboxylic acids is 1. The first-order valence-electron chi connectivity index (χ1n) is 11.7. The lowest BCUT2D eigenvalue weighted by molar-refractivity contribution is -0.139. The monoisotopic (exact) mass is 531 g/mol. The van der Waals surface area contributed by atoms with E-state index in [4.69, 9.17) is 16.3 Å². The van der Waals surface area contributed by atoms with Crippen LogP contribution in [0.15, 0.2) is 66.7 Å². The molecular formula is C28H25ClF3NO4. The fourth-order valence-corrected chi connectivity index (χ4v) is 4.71. The van der Waals surface area contributed by atoms with Crippen molar-refractivity contribution in [2.24, 2.45) is 0 Å². The van der Waals surface area contributed by atoms with Crippen molar-refractivity contribution in [3.05, 3.63) is 99.6 Å². The van der Waals surface area contributed by atoms with Crippen LogP contribution in [0.5, 0.6) is 5.75 Å². The smallest absolute Gasteiger partial charge is 0.416 e. The Labute approximate surface area is 217 Å². The Morgan fingerprint density at radius 1 is 1.08 bits per heavy atom. The maximum Gasteiger partial charge on any atom is 0.416 e. The summed E-state index contributed by atoms with van der Waals surface area (Å²) < 4.78 is 45.6. The van der Waals surface area contributed by atoms with E-state index in [1.54, 1.807) is 18.2 Å². The Morgan fingerprint density at radius 3 is 2.54 bits per heavy atom. The molecule has 37 heavy (non-hydrogen) atoms. The molecule has 0 saturated heterocycles. The first-order valence-corrected chi connectivity index (χ1v) is 12.0. The van der Waals surface area contributed by atoms with Crippen molar-refractivity contribution in [1.29, 1.82) is 0 Å². The van der Waals surface area contributed by atoms with Gasteiger partial charge in [-0.05, 0) is 72.9 Å². The summed E-state index contributed by atoms with van der Waals surface area (Å²) in [6.07, 6.45) is -2.64. The van der Waals surface area contributed by atoms with Gasteiger partial charge in [0.05, 0.1) is 5.56 Å². The van der Waals surface area contributed by atoms with E-state index in [1.165, 1.54) is 12.1 Å². The molecule has 194 valence electrons. The highest BCUT2D eigenvalue weighted by atomic mass is 35.5. The number of hydrogen-bond donors (Lipinski definition) is 1. The minimum absolute atomic E-state index is 0.182. The molecule has 0 saturated carbocycles. The zero-order valence-electron chi connectivity index (χ0n) is 20.0. The second-order valence-corrected chi connectivity index (χ2v) is 9.80. The first-order chi connectivity index (χ1) is 17.4. The molecule has 1 aliphatic rings. The Morgan fingerprint density at radius 2 is 1.84 bits per heavy atom. The molecule has 0 spiro atoms. The molecule has 1 atom stereocenters. The van der Waals surface area contributed by atoms with Gasteiger partial charge >= 0.3 is 12.1 Å². The summed E-state index contributed by atoms with van der Waals surface area (Å²) in [6, 6.07) is 17.0. The van der Waals surface area contributed by atoms with E-state index >= 15 is 0 Å². The highest BCUT2D eigenvalue weighted by Gasteiger charge is 2.33. The maximum absolute atomic E-state index is 13.2. The number of hydrogen-bond acceptors (Lipinski definition) is 3. The summed E-state index contributed by atoms with van der Waals surface area (Å²) >= 11 is 6.32. The fraction of sp³-hybridized carbons (Fsp3) is 0.286. The zero-order chi connectivity index (χ0) is 26.8. The van der Waals surface area contributed by atoms with Crippen molar-refractivity contribution in [1.82, 2.24) is 4.90 Å². The molecule has 0 aliphatic carbocycles. The van der Waals surface area contributed by atoms with Crippen molar-refractivity contribution in [3.8, 4) is 5.75 Å². The second-order valence-electron chi connectivity index (χ2n) is 9.40. The van der Waals surface area contributed by atoms with Gasteiger partial charge in [-0.15, -0.1) is 0 Å². The van der Waals surface area contributed by atoms with Gasteiger partial charge in [-0.2, -0.15) is 13.2 Å². The molecule has 1 heterocycles. The molecule has 0 fully saturated rings. The summed E-state index contributed by atoms with van der Waals surface area (Å²) in [6.45, 7) is 1.07. The minimum Gasteiger partial charge on any atom is -0.487 e. The number of carboxylic acids is 1. The number of aliphatic carboxylic acids is 1. The van der Waals surface area contributed by atoms with Crippen LogP contribution < -0.4 is 4.74 Å². The lowest BCUT2D eigenvalue weighted by Gasteiger charge is -2.36. The van der Waals surface area contributed by atoms with E-state index in [2.05, 4.69) is 0 Å². The van der Waals surface area contributed by atoms with Gasteiger partial charge in [0.15, 0.2) is 0 Å². The maximum atomic E-state index is 13.2. The third-order valence-corrected chi connectivity index (χ3v) is 6.72. The number of nitrogens with zero attached hydrogens (tertiary/aromatic N) is 1. The van der Waals surface area contributed by atoms with Gasteiger partial charge in [-0.1, -0.05) is 41.9 Å². The number of benzene rings is 3. The lowest BCUT2D eigenvalue weighted by atomic mass is 9.86. The van der Waals surface area contributed by atoms with E-state index in [9.17, 15) is 27.9 Å². The third-order valence-electron chi connectivity index (χ3n) is 6.35. The Hall–Kier alpha value is -3.52. The Bertz CT molecular complexity index is 1330. The number of aryl methyl sites for hydroxylation is 1. The van der Waals surface area contributed by atoms with Crippen LogP contribution >= 0.6 is 11.6 Å². The quantitative estimate of drug-likeness (QED) is 0.382. The topological polar surface area (TPSA) is 66.8 Å². The summed E-state index contributed by atoms with van der Waals surface area (Å²) in [4.78, 5) is 25.7. The van der Waals surface area contributed by atoms with E-state index in [0.29, 0.717) is 30.0 Å². The van der Waals surface area contributed by atoms with Gasteiger partial charge in [0.25, 0.3) is 5.91 Å². The molecular weight excluding hydrogens is 507 g/mol. The van der Waals surface area contributed by atoms with Crippen molar-refractivity contribution in [2.75, 3.05) is 6.54 Å². The average molecular weight is 532 g/mol. The lowest BCUT2D eigenvalue weighted by Crippen LogP contribution is -2.39. The summed E-state index contributed by atoms with van der Waals surface area (Å²) in [5.41, 5.74) is 0.838. The number of amides is 1. The van der Waals surface area contributed by atoms with E-state index in [1.807, 2.05) is 31.2 Å².